The summed E-state index contributed by atoms with van der Waals surface area (Å²) >= 11 is 0. The van der Waals surface area contributed by atoms with Crippen LogP contribution in [0.1, 0.15) is 33.6 Å². The molecule has 0 saturated carbocycles. The fourth-order valence-corrected chi connectivity index (χ4v) is 2.29. The van der Waals surface area contributed by atoms with Gasteiger partial charge in [0.1, 0.15) is 0 Å². The molecule has 0 radical (unpaired) electrons. The molecule has 0 aliphatic carbocycles. The van der Waals surface area contributed by atoms with Crippen LogP contribution in [0.2, 0.25) is 0 Å². The maximum Gasteiger partial charge on any atom is 0.227 e. The van der Waals surface area contributed by atoms with Crippen molar-refractivity contribution in [2.45, 2.75) is 33.6 Å². The van der Waals surface area contributed by atoms with Gasteiger partial charge in [0.05, 0.1) is 5.92 Å². The molecular formula is C13H26N2O. The van der Waals surface area contributed by atoms with E-state index in [2.05, 4.69) is 31.0 Å². The Labute approximate surface area is 99.6 Å². The number of likely N-dealkylation sites (tertiary alicyclic amines) is 1. The Morgan fingerprint density at radius 3 is 2.38 bits per heavy atom. The summed E-state index contributed by atoms with van der Waals surface area (Å²) in [6, 6.07) is 0. The molecule has 16 heavy (non-hydrogen) atoms. The normalized spacial score (nSPS) is 20.2. The van der Waals surface area contributed by atoms with Gasteiger partial charge in [-0.05, 0) is 31.7 Å². The predicted molar refractivity (Wildman–Crippen MR) is 67.2 cm³/mol. The van der Waals surface area contributed by atoms with Crippen LogP contribution in [0.5, 0.6) is 0 Å². The largest absolute Gasteiger partial charge is 0.342 e. The van der Waals surface area contributed by atoms with Gasteiger partial charge in [-0.15, -0.1) is 0 Å². The number of rotatable bonds is 4. The van der Waals surface area contributed by atoms with Gasteiger partial charge in [-0.2, -0.15) is 0 Å². The average Bonchev–Trinajstić information content (AvgIpc) is 2.25. The lowest BCUT2D eigenvalue weighted by Gasteiger charge is -2.34. The molecule has 1 unspecified atom stereocenters. The maximum absolute atomic E-state index is 12.3. The highest BCUT2D eigenvalue weighted by atomic mass is 16.2. The number of piperidine rings is 1. The van der Waals surface area contributed by atoms with E-state index in [1.165, 1.54) is 0 Å². The van der Waals surface area contributed by atoms with Crippen LogP contribution in [0, 0.1) is 17.8 Å². The highest BCUT2D eigenvalue weighted by Gasteiger charge is 2.28. The molecule has 0 aromatic heterocycles. The summed E-state index contributed by atoms with van der Waals surface area (Å²) in [4.78, 5) is 14.4. The van der Waals surface area contributed by atoms with Gasteiger partial charge in [-0.1, -0.05) is 20.8 Å². The SMILES string of the molecule is CNCC(C(=O)N1CCC(C)CC1)C(C)C. The second-order valence-electron chi connectivity index (χ2n) is 5.42. The van der Waals surface area contributed by atoms with Crippen molar-refractivity contribution in [3.05, 3.63) is 0 Å². The highest BCUT2D eigenvalue weighted by Crippen LogP contribution is 2.20. The summed E-state index contributed by atoms with van der Waals surface area (Å²) < 4.78 is 0. The minimum atomic E-state index is 0.137. The first-order valence-electron chi connectivity index (χ1n) is 6.49. The molecule has 1 aliphatic heterocycles. The van der Waals surface area contributed by atoms with Crippen molar-refractivity contribution in [3.63, 3.8) is 0 Å². The van der Waals surface area contributed by atoms with E-state index in [1.807, 2.05) is 7.05 Å². The molecule has 1 N–H and O–H groups in total. The Hall–Kier alpha value is -0.570. The minimum Gasteiger partial charge on any atom is -0.342 e. The van der Waals surface area contributed by atoms with Crippen molar-refractivity contribution >= 4 is 5.91 Å². The van der Waals surface area contributed by atoms with Crippen LogP contribution in [0.4, 0.5) is 0 Å². The molecule has 1 heterocycles. The number of carbonyl (C=O) groups excluding carboxylic acids is 1. The lowest BCUT2D eigenvalue weighted by atomic mass is 9.92. The molecule has 1 fully saturated rings. The Morgan fingerprint density at radius 2 is 1.94 bits per heavy atom. The Kier molecular flexibility index (Phi) is 5.26. The first-order chi connectivity index (χ1) is 7.56. The van der Waals surface area contributed by atoms with Crippen LogP contribution in [0.15, 0.2) is 0 Å². The Morgan fingerprint density at radius 1 is 1.38 bits per heavy atom. The van der Waals surface area contributed by atoms with E-state index in [4.69, 9.17) is 0 Å². The number of nitrogens with one attached hydrogen (secondary N) is 1. The molecule has 1 rings (SSSR count). The molecule has 3 heteroatoms. The van der Waals surface area contributed by atoms with Crippen LogP contribution >= 0.6 is 0 Å². The second-order valence-corrected chi connectivity index (χ2v) is 5.42. The van der Waals surface area contributed by atoms with Gasteiger partial charge in [0.15, 0.2) is 0 Å². The van der Waals surface area contributed by atoms with Crippen LogP contribution in [-0.2, 0) is 4.79 Å². The molecule has 3 nitrogen and oxygen atoms in total. The Bertz CT molecular complexity index is 220. The van der Waals surface area contributed by atoms with Crippen molar-refractivity contribution in [1.82, 2.24) is 10.2 Å². The van der Waals surface area contributed by atoms with E-state index >= 15 is 0 Å². The summed E-state index contributed by atoms with van der Waals surface area (Å²) in [5.74, 6) is 1.68. The van der Waals surface area contributed by atoms with Crippen LogP contribution in [0.3, 0.4) is 0 Å². The van der Waals surface area contributed by atoms with E-state index in [0.717, 1.165) is 38.4 Å². The van der Waals surface area contributed by atoms with Crippen molar-refractivity contribution in [3.8, 4) is 0 Å². The molecular weight excluding hydrogens is 200 g/mol. The lowest BCUT2D eigenvalue weighted by Crippen LogP contribution is -2.45. The smallest absolute Gasteiger partial charge is 0.227 e. The van der Waals surface area contributed by atoms with E-state index in [-0.39, 0.29) is 5.92 Å². The third-order valence-electron chi connectivity index (χ3n) is 3.64. The van der Waals surface area contributed by atoms with E-state index in [0.29, 0.717) is 11.8 Å². The zero-order chi connectivity index (χ0) is 12.1. The zero-order valence-electron chi connectivity index (χ0n) is 11.1. The first kappa shape index (κ1) is 13.5. The van der Waals surface area contributed by atoms with Gasteiger partial charge in [0, 0.05) is 19.6 Å². The van der Waals surface area contributed by atoms with Crippen LogP contribution in [0.25, 0.3) is 0 Å². The van der Waals surface area contributed by atoms with Crippen molar-refractivity contribution < 1.29 is 4.79 Å². The molecule has 94 valence electrons. The van der Waals surface area contributed by atoms with E-state index in [9.17, 15) is 4.79 Å². The predicted octanol–water partition coefficient (Wildman–Crippen LogP) is 1.74. The molecule has 1 aliphatic rings. The molecule has 0 bridgehead atoms. The Balaban J connectivity index is 2.53. The summed E-state index contributed by atoms with van der Waals surface area (Å²) in [5.41, 5.74) is 0. The number of hydrogen-bond donors (Lipinski definition) is 1. The first-order valence-corrected chi connectivity index (χ1v) is 6.49. The molecule has 1 saturated heterocycles. The average molecular weight is 226 g/mol. The number of hydrogen-bond acceptors (Lipinski definition) is 2. The number of carbonyl (C=O) groups is 1. The highest BCUT2D eigenvalue weighted by molar-refractivity contribution is 5.79. The fraction of sp³-hybridized carbons (Fsp3) is 0.923. The van der Waals surface area contributed by atoms with E-state index in [1.54, 1.807) is 0 Å². The third kappa shape index (κ3) is 3.48. The molecule has 1 atom stereocenters. The topological polar surface area (TPSA) is 32.3 Å². The number of amides is 1. The van der Waals surface area contributed by atoms with Gasteiger partial charge in [-0.25, -0.2) is 0 Å². The summed E-state index contributed by atoms with van der Waals surface area (Å²) in [7, 11) is 1.92. The van der Waals surface area contributed by atoms with Crippen LogP contribution < -0.4 is 5.32 Å². The van der Waals surface area contributed by atoms with Gasteiger partial charge in [0.2, 0.25) is 5.91 Å². The lowest BCUT2D eigenvalue weighted by molar-refractivity contribution is -0.138. The third-order valence-corrected chi connectivity index (χ3v) is 3.64. The summed E-state index contributed by atoms with van der Waals surface area (Å²) in [6.07, 6.45) is 2.33. The summed E-state index contributed by atoms with van der Waals surface area (Å²) in [6.45, 7) is 9.23. The second kappa shape index (κ2) is 6.24. The molecule has 0 aromatic rings. The summed E-state index contributed by atoms with van der Waals surface area (Å²) in [5, 5.41) is 3.13. The standard InChI is InChI=1S/C13H26N2O/c1-10(2)12(9-14-4)13(16)15-7-5-11(3)6-8-15/h10-12,14H,5-9H2,1-4H3. The van der Waals surface area contributed by atoms with Gasteiger partial charge in [-0.3, -0.25) is 4.79 Å². The molecule has 0 aromatic carbocycles. The van der Waals surface area contributed by atoms with Gasteiger partial charge < -0.3 is 10.2 Å². The molecule has 0 spiro atoms. The van der Waals surface area contributed by atoms with Gasteiger partial charge >= 0.3 is 0 Å². The number of nitrogens with zero attached hydrogens (tertiary/aromatic N) is 1. The molecule has 1 amide bonds. The fourth-order valence-electron chi connectivity index (χ4n) is 2.29. The van der Waals surface area contributed by atoms with Gasteiger partial charge in [0.25, 0.3) is 0 Å². The van der Waals surface area contributed by atoms with Crippen molar-refractivity contribution in [2.75, 3.05) is 26.7 Å². The van der Waals surface area contributed by atoms with Crippen molar-refractivity contribution in [2.24, 2.45) is 17.8 Å². The van der Waals surface area contributed by atoms with Crippen LogP contribution in [-0.4, -0.2) is 37.5 Å². The maximum atomic E-state index is 12.3. The minimum absolute atomic E-state index is 0.137. The van der Waals surface area contributed by atoms with E-state index < -0.39 is 0 Å². The zero-order valence-corrected chi connectivity index (χ0v) is 11.1. The quantitative estimate of drug-likeness (QED) is 0.792. The monoisotopic (exact) mass is 226 g/mol. The van der Waals surface area contributed by atoms with Crippen molar-refractivity contribution in [1.29, 1.82) is 0 Å².